The van der Waals surface area contributed by atoms with Crippen molar-refractivity contribution < 1.29 is 24.2 Å². The van der Waals surface area contributed by atoms with Crippen LogP contribution in [0.5, 0.6) is 5.75 Å². The SMILES string of the molecule is CCCCCOC(=O)Nc1cc(O)ccc1C(=O)OCCC. The van der Waals surface area contributed by atoms with Gasteiger partial charge in [0, 0.05) is 6.07 Å². The van der Waals surface area contributed by atoms with Crippen LogP contribution in [-0.4, -0.2) is 30.4 Å². The van der Waals surface area contributed by atoms with Crippen molar-refractivity contribution in [1.82, 2.24) is 0 Å². The molecule has 0 saturated carbocycles. The van der Waals surface area contributed by atoms with Crippen molar-refractivity contribution in [1.29, 1.82) is 0 Å². The van der Waals surface area contributed by atoms with Crippen molar-refractivity contribution in [2.24, 2.45) is 0 Å². The number of phenolic OH excluding ortho intramolecular Hbond substituents is 1. The van der Waals surface area contributed by atoms with E-state index >= 15 is 0 Å². The predicted octanol–water partition coefficient (Wildman–Crippen LogP) is 3.70. The average Bonchev–Trinajstić information content (AvgIpc) is 2.49. The molecule has 0 aliphatic heterocycles. The van der Waals surface area contributed by atoms with Crippen LogP contribution in [-0.2, 0) is 9.47 Å². The van der Waals surface area contributed by atoms with Gasteiger partial charge >= 0.3 is 12.1 Å². The van der Waals surface area contributed by atoms with E-state index in [0.717, 1.165) is 19.3 Å². The third-order valence-electron chi connectivity index (χ3n) is 2.88. The number of nitrogens with one attached hydrogen (secondary N) is 1. The number of unbranched alkanes of at least 4 members (excludes halogenated alkanes) is 2. The minimum absolute atomic E-state index is 0.0617. The fraction of sp³-hybridized carbons (Fsp3) is 0.500. The van der Waals surface area contributed by atoms with Gasteiger partial charge in [0.05, 0.1) is 24.5 Å². The fourth-order valence-corrected chi connectivity index (χ4v) is 1.75. The summed E-state index contributed by atoms with van der Waals surface area (Å²) in [6, 6.07) is 4.05. The average molecular weight is 309 g/mol. The van der Waals surface area contributed by atoms with Gasteiger partial charge in [-0.15, -0.1) is 0 Å². The number of anilines is 1. The fourth-order valence-electron chi connectivity index (χ4n) is 1.75. The lowest BCUT2D eigenvalue weighted by molar-refractivity contribution is 0.0506. The summed E-state index contributed by atoms with van der Waals surface area (Å²) in [5.74, 6) is -0.614. The Kier molecular flexibility index (Phi) is 7.81. The number of benzene rings is 1. The lowest BCUT2D eigenvalue weighted by Gasteiger charge is -2.11. The molecule has 2 N–H and O–H groups in total. The van der Waals surface area contributed by atoms with Crippen LogP contribution in [0.1, 0.15) is 49.9 Å². The van der Waals surface area contributed by atoms with Gasteiger partial charge in [-0.25, -0.2) is 9.59 Å². The van der Waals surface area contributed by atoms with Crippen molar-refractivity contribution in [3.05, 3.63) is 23.8 Å². The smallest absolute Gasteiger partial charge is 0.411 e. The van der Waals surface area contributed by atoms with Crippen molar-refractivity contribution in [2.45, 2.75) is 39.5 Å². The predicted molar refractivity (Wildman–Crippen MR) is 83.2 cm³/mol. The number of rotatable bonds is 8. The van der Waals surface area contributed by atoms with E-state index in [-0.39, 0.29) is 17.0 Å². The Morgan fingerprint density at radius 3 is 2.55 bits per heavy atom. The third kappa shape index (κ3) is 6.03. The highest BCUT2D eigenvalue weighted by atomic mass is 16.5. The van der Waals surface area contributed by atoms with E-state index < -0.39 is 12.1 Å². The van der Waals surface area contributed by atoms with Gasteiger partial charge in [0.25, 0.3) is 0 Å². The van der Waals surface area contributed by atoms with Crippen LogP contribution in [0.2, 0.25) is 0 Å². The number of ether oxygens (including phenoxy) is 2. The van der Waals surface area contributed by atoms with E-state index in [1.165, 1.54) is 18.2 Å². The molecule has 0 fully saturated rings. The van der Waals surface area contributed by atoms with Crippen LogP contribution in [0.25, 0.3) is 0 Å². The van der Waals surface area contributed by atoms with Crippen LogP contribution < -0.4 is 5.32 Å². The zero-order valence-electron chi connectivity index (χ0n) is 13.1. The molecule has 0 aliphatic rings. The second-order valence-electron chi connectivity index (χ2n) is 4.83. The summed E-state index contributed by atoms with van der Waals surface area (Å²) in [4.78, 5) is 23.6. The standard InChI is InChI=1S/C16H23NO5/c1-3-5-6-10-22-16(20)17-14-11-12(18)7-8-13(14)15(19)21-9-4-2/h7-8,11,18H,3-6,9-10H2,1-2H3,(H,17,20). The normalized spacial score (nSPS) is 10.1. The minimum atomic E-state index is -0.661. The number of carbonyl (C=O) groups is 2. The number of aromatic hydroxyl groups is 1. The van der Waals surface area contributed by atoms with Gasteiger partial charge < -0.3 is 14.6 Å². The molecule has 0 saturated heterocycles. The van der Waals surface area contributed by atoms with Crippen molar-refractivity contribution in [3.63, 3.8) is 0 Å². The van der Waals surface area contributed by atoms with E-state index in [1.54, 1.807) is 0 Å². The molecule has 1 aromatic rings. The van der Waals surface area contributed by atoms with Crippen LogP contribution in [0.3, 0.4) is 0 Å². The van der Waals surface area contributed by atoms with Crippen LogP contribution in [0.15, 0.2) is 18.2 Å². The highest BCUT2D eigenvalue weighted by molar-refractivity contribution is 6.00. The zero-order chi connectivity index (χ0) is 16.4. The molecule has 6 heteroatoms. The number of hydrogen-bond acceptors (Lipinski definition) is 5. The summed E-state index contributed by atoms with van der Waals surface area (Å²) in [5, 5.41) is 12.0. The van der Waals surface area contributed by atoms with Gasteiger partial charge in [0.1, 0.15) is 5.75 Å². The first-order valence-corrected chi connectivity index (χ1v) is 7.52. The number of phenols is 1. The highest BCUT2D eigenvalue weighted by Crippen LogP contribution is 2.23. The Hall–Kier alpha value is -2.24. The molecule has 0 bridgehead atoms. The maximum Gasteiger partial charge on any atom is 0.411 e. The molecular weight excluding hydrogens is 286 g/mol. The molecule has 6 nitrogen and oxygen atoms in total. The third-order valence-corrected chi connectivity index (χ3v) is 2.88. The lowest BCUT2D eigenvalue weighted by atomic mass is 10.1. The van der Waals surface area contributed by atoms with E-state index in [1.807, 2.05) is 6.92 Å². The molecule has 22 heavy (non-hydrogen) atoms. The van der Waals surface area contributed by atoms with E-state index in [4.69, 9.17) is 9.47 Å². The largest absolute Gasteiger partial charge is 0.508 e. The molecule has 0 unspecified atom stereocenters. The Morgan fingerprint density at radius 2 is 1.86 bits per heavy atom. The highest BCUT2D eigenvalue weighted by Gasteiger charge is 2.16. The first kappa shape index (κ1) is 17.8. The molecule has 1 aromatic carbocycles. The van der Waals surface area contributed by atoms with Crippen molar-refractivity contribution in [2.75, 3.05) is 18.5 Å². The number of esters is 1. The van der Waals surface area contributed by atoms with Gasteiger partial charge in [-0.1, -0.05) is 26.7 Å². The Balaban J connectivity index is 2.69. The molecule has 0 heterocycles. The second kappa shape index (κ2) is 9.65. The molecule has 0 aromatic heterocycles. The first-order valence-electron chi connectivity index (χ1n) is 7.52. The summed E-state index contributed by atoms with van der Waals surface area (Å²) in [7, 11) is 0. The quantitative estimate of drug-likeness (QED) is 0.565. The van der Waals surface area contributed by atoms with Crippen molar-refractivity contribution >= 4 is 17.7 Å². The van der Waals surface area contributed by atoms with Gasteiger partial charge in [0.2, 0.25) is 0 Å². The van der Waals surface area contributed by atoms with Gasteiger partial charge in [-0.05, 0) is 25.0 Å². The van der Waals surface area contributed by atoms with Crippen LogP contribution >= 0.6 is 0 Å². The maximum absolute atomic E-state index is 11.9. The van der Waals surface area contributed by atoms with E-state index in [0.29, 0.717) is 19.6 Å². The number of amides is 1. The van der Waals surface area contributed by atoms with Crippen LogP contribution in [0.4, 0.5) is 10.5 Å². The van der Waals surface area contributed by atoms with E-state index in [9.17, 15) is 14.7 Å². The maximum atomic E-state index is 11.9. The zero-order valence-corrected chi connectivity index (χ0v) is 13.1. The lowest BCUT2D eigenvalue weighted by Crippen LogP contribution is -2.17. The summed E-state index contributed by atoms with van der Waals surface area (Å²) < 4.78 is 10.1. The van der Waals surface area contributed by atoms with Crippen LogP contribution in [0, 0.1) is 0 Å². The molecule has 0 aliphatic carbocycles. The first-order chi connectivity index (χ1) is 10.6. The Bertz CT molecular complexity index is 501. The van der Waals surface area contributed by atoms with Crippen molar-refractivity contribution in [3.8, 4) is 5.75 Å². The minimum Gasteiger partial charge on any atom is -0.508 e. The number of hydrogen-bond donors (Lipinski definition) is 2. The molecule has 0 radical (unpaired) electrons. The Labute approximate surface area is 130 Å². The summed E-state index contributed by atoms with van der Waals surface area (Å²) in [5.41, 5.74) is 0.346. The molecular formula is C16H23NO5. The molecule has 122 valence electrons. The number of carbonyl (C=O) groups excluding carboxylic acids is 2. The molecule has 1 rings (SSSR count). The van der Waals surface area contributed by atoms with Gasteiger partial charge in [0.15, 0.2) is 0 Å². The summed E-state index contributed by atoms with van der Waals surface area (Å²) >= 11 is 0. The monoisotopic (exact) mass is 309 g/mol. The molecule has 0 atom stereocenters. The summed E-state index contributed by atoms with van der Waals surface area (Å²) in [6.45, 7) is 4.55. The molecule has 1 amide bonds. The topological polar surface area (TPSA) is 84.9 Å². The summed E-state index contributed by atoms with van der Waals surface area (Å²) in [6.07, 6.45) is 2.84. The second-order valence-corrected chi connectivity index (χ2v) is 4.83. The van der Waals surface area contributed by atoms with E-state index in [2.05, 4.69) is 12.2 Å². The van der Waals surface area contributed by atoms with Gasteiger partial charge in [-0.2, -0.15) is 0 Å². The Morgan fingerprint density at radius 1 is 1.09 bits per heavy atom. The van der Waals surface area contributed by atoms with Gasteiger partial charge in [-0.3, -0.25) is 5.32 Å². The molecule has 0 spiro atoms.